The third-order valence-electron chi connectivity index (χ3n) is 5.71. The molecule has 1 aromatic carbocycles. The van der Waals surface area contributed by atoms with Gasteiger partial charge >= 0.3 is 6.18 Å². The van der Waals surface area contributed by atoms with Crippen molar-refractivity contribution in [3.63, 3.8) is 0 Å². The van der Waals surface area contributed by atoms with Gasteiger partial charge in [-0.3, -0.25) is 9.48 Å². The summed E-state index contributed by atoms with van der Waals surface area (Å²) < 4.78 is 43.7. The molecule has 190 valence electrons. The van der Waals surface area contributed by atoms with Crippen LogP contribution in [0.25, 0.3) is 16.9 Å². The number of hydrogen-bond donors (Lipinski definition) is 1. The first-order valence-electron chi connectivity index (χ1n) is 11.2. The highest BCUT2D eigenvalue weighted by Crippen LogP contribution is 2.33. The lowest BCUT2D eigenvalue weighted by Gasteiger charge is -2.12. The number of nitrogens with one attached hydrogen (secondary N) is 1. The highest BCUT2D eigenvalue weighted by Gasteiger charge is 2.36. The van der Waals surface area contributed by atoms with Crippen LogP contribution >= 0.6 is 23.2 Å². The van der Waals surface area contributed by atoms with Crippen molar-refractivity contribution in [3.05, 3.63) is 69.2 Å². The molecule has 0 bridgehead atoms. The zero-order valence-corrected chi connectivity index (χ0v) is 21.2. The van der Waals surface area contributed by atoms with Gasteiger partial charge in [-0.25, -0.2) is 9.50 Å². The molecule has 0 aliphatic heterocycles. The highest BCUT2D eigenvalue weighted by atomic mass is 35.5. The van der Waals surface area contributed by atoms with Crippen molar-refractivity contribution >= 4 is 34.8 Å². The van der Waals surface area contributed by atoms with Crippen molar-refractivity contribution < 1.29 is 18.0 Å². The van der Waals surface area contributed by atoms with Crippen LogP contribution in [0.1, 0.15) is 53.5 Å². The fraction of sp³-hybridized carbons (Fsp3) is 0.333. The second-order valence-corrected chi connectivity index (χ2v) is 9.35. The number of carbonyl (C=O) groups is 1. The maximum Gasteiger partial charge on any atom is 0.433 e. The van der Waals surface area contributed by atoms with Gasteiger partial charge in [0.1, 0.15) is 15.7 Å². The summed E-state index contributed by atoms with van der Waals surface area (Å²) >= 11 is 12.1. The average Bonchev–Trinajstić information content (AvgIpc) is 3.37. The predicted octanol–water partition coefficient (Wildman–Crippen LogP) is 6.17. The Kier molecular flexibility index (Phi) is 7.28. The van der Waals surface area contributed by atoms with Gasteiger partial charge in [0.25, 0.3) is 5.91 Å². The van der Waals surface area contributed by atoms with E-state index in [1.54, 1.807) is 19.1 Å². The lowest BCUT2D eigenvalue weighted by Crippen LogP contribution is -2.25. The molecule has 0 saturated carbocycles. The van der Waals surface area contributed by atoms with E-state index in [2.05, 4.69) is 20.5 Å². The number of alkyl halides is 3. The molecule has 3 aromatic heterocycles. The molecule has 0 aliphatic rings. The summed E-state index contributed by atoms with van der Waals surface area (Å²) in [7, 11) is 0. The molecule has 1 amide bonds. The normalized spacial score (nSPS) is 12.0. The van der Waals surface area contributed by atoms with Gasteiger partial charge in [0.05, 0.1) is 17.6 Å². The molecule has 7 nitrogen and oxygen atoms in total. The van der Waals surface area contributed by atoms with Gasteiger partial charge in [0, 0.05) is 18.7 Å². The van der Waals surface area contributed by atoms with Crippen LogP contribution < -0.4 is 5.32 Å². The second-order valence-electron chi connectivity index (χ2n) is 8.62. The molecule has 4 rings (SSSR count). The molecular formula is C24H23Cl2F3N6O. The number of hydrogen-bond acceptors (Lipinski definition) is 4. The summed E-state index contributed by atoms with van der Waals surface area (Å²) in [4.78, 5) is 17.2. The predicted molar refractivity (Wildman–Crippen MR) is 131 cm³/mol. The van der Waals surface area contributed by atoms with Crippen molar-refractivity contribution in [2.75, 3.05) is 6.54 Å². The molecule has 0 saturated heterocycles. The lowest BCUT2D eigenvalue weighted by atomic mass is 10.0. The second kappa shape index (κ2) is 10.1. The summed E-state index contributed by atoms with van der Waals surface area (Å²) in [6, 6.07) is 8.08. The minimum absolute atomic E-state index is 0.0582. The maximum absolute atomic E-state index is 13.8. The fourth-order valence-electron chi connectivity index (χ4n) is 3.72. The van der Waals surface area contributed by atoms with E-state index in [1.807, 2.05) is 26.0 Å². The number of nitrogens with zero attached hydrogens (tertiary/aromatic N) is 5. The fourth-order valence-corrected chi connectivity index (χ4v) is 4.11. The molecule has 3 heterocycles. The Balaban J connectivity index is 1.59. The van der Waals surface area contributed by atoms with E-state index in [-0.39, 0.29) is 29.4 Å². The standard InChI is InChI=1S/C24H23Cl2F3N6O/c1-13(2)15-5-7-16(8-6-15)18-11-19(24(27,28)29)35-22(32-18)17(12-31-35)23(36)30-9-4-10-34-21(26)20(25)14(3)33-34/h5-8,11-13H,4,9-10H2,1-3H3,(H,30,36). The average molecular weight is 539 g/mol. The Bertz CT molecular complexity index is 1410. The number of benzene rings is 1. The largest absolute Gasteiger partial charge is 0.433 e. The summed E-state index contributed by atoms with van der Waals surface area (Å²) in [5.74, 6) is -0.311. The molecule has 0 unspecified atom stereocenters. The zero-order chi connectivity index (χ0) is 26.2. The van der Waals surface area contributed by atoms with Crippen LogP contribution in [0.15, 0.2) is 36.5 Å². The molecule has 1 N–H and O–H groups in total. The first-order valence-corrected chi connectivity index (χ1v) is 12.0. The Morgan fingerprint density at radius 3 is 2.44 bits per heavy atom. The van der Waals surface area contributed by atoms with Gasteiger partial charge < -0.3 is 5.32 Å². The molecule has 12 heteroatoms. The minimum Gasteiger partial charge on any atom is -0.352 e. The van der Waals surface area contributed by atoms with E-state index in [0.29, 0.717) is 38.9 Å². The van der Waals surface area contributed by atoms with E-state index in [4.69, 9.17) is 23.2 Å². The third kappa shape index (κ3) is 5.19. The van der Waals surface area contributed by atoms with Gasteiger partial charge in [-0.05, 0) is 30.9 Å². The Hall–Kier alpha value is -3.11. The number of aryl methyl sites for hydroxylation is 2. The van der Waals surface area contributed by atoms with Crippen LogP contribution in [0.5, 0.6) is 0 Å². The first kappa shape index (κ1) is 26.0. The van der Waals surface area contributed by atoms with Crippen LogP contribution in [0.2, 0.25) is 10.2 Å². The number of amides is 1. The molecule has 4 aromatic rings. The van der Waals surface area contributed by atoms with Crippen molar-refractivity contribution in [1.82, 2.24) is 29.7 Å². The molecule has 0 fully saturated rings. The number of fused-ring (bicyclic) bond motifs is 1. The Morgan fingerprint density at radius 1 is 1.17 bits per heavy atom. The Morgan fingerprint density at radius 2 is 1.86 bits per heavy atom. The van der Waals surface area contributed by atoms with E-state index < -0.39 is 17.8 Å². The molecule has 0 atom stereocenters. The van der Waals surface area contributed by atoms with Crippen LogP contribution in [0.3, 0.4) is 0 Å². The van der Waals surface area contributed by atoms with E-state index >= 15 is 0 Å². The van der Waals surface area contributed by atoms with Crippen LogP contribution in [0.4, 0.5) is 13.2 Å². The topological polar surface area (TPSA) is 77.1 Å². The lowest BCUT2D eigenvalue weighted by molar-refractivity contribution is -0.142. The van der Waals surface area contributed by atoms with Gasteiger partial charge in [-0.2, -0.15) is 23.4 Å². The van der Waals surface area contributed by atoms with Gasteiger partial charge in [0.2, 0.25) is 0 Å². The van der Waals surface area contributed by atoms with Crippen LogP contribution in [0, 0.1) is 6.92 Å². The first-order chi connectivity index (χ1) is 17.0. The maximum atomic E-state index is 13.8. The monoisotopic (exact) mass is 538 g/mol. The summed E-state index contributed by atoms with van der Waals surface area (Å²) in [5.41, 5.74) is 0.993. The zero-order valence-electron chi connectivity index (χ0n) is 19.7. The summed E-state index contributed by atoms with van der Waals surface area (Å²) in [6.45, 7) is 6.41. The molecular weight excluding hydrogens is 516 g/mol. The minimum atomic E-state index is -4.70. The third-order valence-corrected chi connectivity index (χ3v) is 6.64. The molecule has 0 radical (unpaired) electrons. The van der Waals surface area contributed by atoms with Gasteiger partial charge in [-0.1, -0.05) is 61.3 Å². The van der Waals surface area contributed by atoms with Gasteiger partial charge in [-0.15, -0.1) is 0 Å². The van der Waals surface area contributed by atoms with Crippen molar-refractivity contribution in [2.24, 2.45) is 0 Å². The molecule has 0 aliphatic carbocycles. The number of aromatic nitrogens is 5. The van der Waals surface area contributed by atoms with E-state index in [1.165, 1.54) is 4.68 Å². The Labute approximate surface area is 215 Å². The van der Waals surface area contributed by atoms with Crippen LogP contribution in [-0.2, 0) is 12.7 Å². The smallest absolute Gasteiger partial charge is 0.352 e. The summed E-state index contributed by atoms with van der Waals surface area (Å²) in [6.07, 6.45) is -3.14. The molecule has 0 spiro atoms. The van der Waals surface area contributed by atoms with Crippen LogP contribution in [-0.4, -0.2) is 36.8 Å². The number of carbonyl (C=O) groups excluding carboxylic acids is 1. The summed E-state index contributed by atoms with van der Waals surface area (Å²) in [5, 5.41) is 11.4. The SMILES string of the molecule is Cc1nn(CCCNC(=O)c2cnn3c(C(F)(F)F)cc(-c4ccc(C(C)C)cc4)nc23)c(Cl)c1Cl. The quantitative estimate of drug-likeness (QED) is 0.285. The van der Waals surface area contributed by atoms with Crippen molar-refractivity contribution in [3.8, 4) is 11.3 Å². The van der Waals surface area contributed by atoms with Crippen molar-refractivity contribution in [1.29, 1.82) is 0 Å². The number of halogens is 5. The van der Waals surface area contributed by atoms with Gasteiger partial charge in [0.15, 0.2) is 11.3 Å². The van der Waals surface area contributed by atoms with E-state index in [9.17, 15) is 18.0 Å². The highest BCUT2D eigenvalue weighted by molar-refractivity contribution is 6.41. The van der Waals surface area contributed by atoms with E-state index in [0.717, 1.165) is 17.8 Å². The number of rotatable bonds is 7. The molecule has 36 heavy (non-hydrogen) atoms. The van der Waals surface area contributed by atoms with Crippen molar-refractivity contribution in [2.45, 2.75) is 45.8 Å².